The van der Waals surface area contributed by atoms with E-state index in [4.69, 9.17) is 27.9 Å². The van der Waals surface area contributed by atoms with Crippen LogP contribution < -0.4 is 5.32 Å². The van der Waals surface area contributed by atoms with Gasteiger partial charge < -0.3 is 10.1 Å². The Morgan fingerprint density at radius 1 is 1.21 bits per heavy atom. The molecule has 1 N–H and O–H groups in total. The molecule has 1 amide bonds. The van der Waals surface area contributed by atoms with Crippen LogP contribution in [0.25, 0.3) is 10.1 Å². The average molecular weight is 439 g/mol. The van der Waals surface area contributed by atoms with E-state index in [0.29, 0.717) is 10.4 Å². The molecule has 1 aromatic heterocycles. The lowest BCUT2D eigenvalue weighted by Gasteiger charge is -2.13. The van der Waals surface area contributed by atoms with Crippen LogP contribution in [0.3, 0.4) is 0 Å². The van der Waals surface area contributed by atoms with Gasteiger partial charge in [0.15, 0.2) is 6.10 Å². The smallest absolute Gasteiger partial charge is 0.350 e. The molecule has 10 heteroatoms. The Morgan fingerprint density at radius 3 is 2.68 bits per heavy atom. The molecular formula is C18H12Cl2N2O5S. The number of fused-ring (bicyclic) bond motifs is 1. The summed E-state index contributed by atoms with van der Waals surface area (Å²) < 4.78 is 5.92. The second kappa shape index (κ2) is 8.14. The number of benzene rings is 2. The normalized spacial score (nSPS) is 11.8. The Bertz CT molecular complexity index is 1100. The molecule has 0 radical (unpaired) electrons. The number of rotatable bonds is 5. The Labute approximate surface area is 173 Å². The minimum absolute atomic E-state index is 0.161. The number of ether oxygens (including phenoxy) is 1. The molecule has 7 nitrogen and oxygen atoms in total. The molecule has 28 heavy (non-hydrogen) atoms. The molecule has 0 bridgehead atoms. The SMILES string of the molecule is CC(OC(=O)c1sc2cc(Cl)ccc2c1Cl)C(=O)Nc1cccc([N+](=O)[O-])c1. The Balaban J connectivity index is 1.72. The summed E-state index contributed by atoms with van der Waals surface area (Å²) in [6.07, 6.45) is -1.14. The molecule has 0 saturated carbocycles. The van der Waals surface area contributed by atoms with E-state index >= 15 is 0 Å². The summed E-state index contributed by atoms with van der Waals surface area (Å²) in [5.41, 5.74) is 0.0507. The largest absolute Gasteiger partial charge is 0.448 e. The number of carbonyl (C=O) groups is 2. The molecule has 0 aliphatic carbocycles. The van der Waals surface area contributed by atoms with Crippen molar-refractivity contribution in [3.63, 3.8) is 0 Å². The van der Waals surface area contributed by atoms with Gasteiger partial charge in [0.2, 0.25) is 0 Å². The molecule has 1 atom stereocenters. The topological polar surface area (TPSA) is 98.5 Å². The van der Waals surface area contributed by atoms with Crippen molar-refractivity contribution >= 4 is 67.9 Å². The van der Waals surface area contributed by atoms with Gasteiger partial charge in [-0.3, -0.25) is 14.9 Å². The first-order valence-corrected chi connectivity index (χ1v) is 9.47. The number of halogens is 2. The van der Waals surface area contributed by atoms with Gasteiger partial charge in [-0.05, 0) is 25.1 Å². The van der Waals surface area contributed by atoms with Crippen molar-refractivity contribution in [2.45, 2.75) is 13.0 Å². The molecule has 0 aliphatic heterocycles. The summed E-state index contributed by atoms with van der Waals surface area (Å²) in [6.45, 7) is 1.39. The summed E-state index contributed by atoms with van der Waals surface area (Å²) in [5, 5.41) is 14.7. The number of hydrogen-bond donors (Lipinski definition) is 1. The van der Waals surface area contributed by atoms with Crippen LogP contribution in [0.1, 0.15) is 16.6 Å². The van der Waals surface area contributed by atoms with Crippen LogP contribution in [0, 0.1) is 10.1 Å². The predicted octanol–water partition coefficient (Wildman–Crippen LogP) is 5.30. The van der Waals surface area contributed by atoms with Gasteiger partial charge >= 0.3 is 5.97 Å². The fourth-order valence-electron chi connectivity index (χ4n) is 2.38. The molecule has 144 valence electrons. The highest BCUT2D eigenvalue weighted by Gasteiger charge is 2.24. The van der Waals surface area contributed by atoms with Gasteiger partial charge in [0.1, 0.15) is 4.88 Å². The van der Waals surface area contributed by atoms with Crippen molar-refractivity contribution in [2.75, 3.05) is 5.32 Å². The van der Waals surface area contributed by atoms with Crippen LogP contribution in [0.15, 0.2) is 42.5 Å². The minimum Gasteiger partial charge on any atom is -0.448 e. The van der Waals surface area contributed by atoms with E-state index in [2.05, 4.69) is 5.32 Å². The highest BCUT2D eigenvalue weighted by Crippen LogP contribution is 2.37. The van der Waals surface area contributed by atoms with Gasteiger partial charge in [0, 0.05) is 32.9 Å². The van der Waals surface area contributed by atoms with Gasteiger partial charge in [0.25, 0.3) is 11.6 Å². The number of hydrogen-bond acceptors (Lipinski definition) is 6. The van der Waals surface area contributed by atoms with E-state index in [9.17, 15) is 19.7 Å². The highest BCUT2D eigenvalue weighted by atomic mass is 35.5. The lowest BCUT2D eigenvalue weighted by molar-refractivity contribution is -0.384. The van der Waals surface area contributed by atoms with E-state index in [0.717, 1.165) is 16.0 Å². The first-order valence-electron chi connectivity index (χ1n) is 7.90. The van der Waals surface area contributed by atoms with Gasteiger partial charge in [-0.25, -0.2) is 4.79 Å². The molecule has 1 heterocycles. The monoisotopic (exact) mass is 438 g/mol. The summed E-state index contributed by atoms with van der Waals surface area (Å²) in [5.74, 6) is -1.38. The van der Waals surface area contributed by atoms with Crippen LogP contribution in [-0.2, 0) is 9.53 Å². The summed E-state index contributed by atoms with van der Waals surface area (Å²) >= 11 is 13.3. The number of nitro benzene ring substituents is 1. The summed E-state index contributed by atoms with van der Waals surface area (Å²) in [7, 11) is 0. The maximum atomic E-state index is 12.4. The minimum atomic E-state index is -1.14. The number of amides is 1. The van der Waals surface area contributed by atoms with E-state index in [1.165, 1.54) is 31.2 Å². The molecule has 0 aliphatic rings. The molecule has 0 fully saturated rings. The second-order valence-electron chi connectivity index (χ2n) is 5.73. The van der Waals surface area contributed by atoms with Crippen molar-refractivity contribution in [1.82, 2.24) is 0 Å². The molecule has 0 saturated heterocycles. The lowest BCUT2D eigenvalue weighted by atomic mass is 10.2. The van der Waals surface area contributed by atoms with Crippen LogP contribution in [0.2, 0.25) is 10.0 Å². The first kappa shape index (κ1) is 20.1. The van der Waals surface area contributed by atoms with Gasteiger partial charge in [0.05, 0.1) is 9.95 Å². The lowest BCUT2D eigenvalue weighted by Crippen LogP contribution is -2.29. The fraction of sp³-hybridized carbons (Fsp3) is 0.111. The van der Waals surface area contributed by atoms with Crippen molar-refractivity contribution in [1.29, 1.82) is 0 Å². The van der Waals surface area contributed by atoms with Crippen LogP contribution in [0.4, 0.5) is 11.4 Å². The zero-order valence-electron chi connectivity index (χ0n) is 14.3. The van der Waals surface area contributed by atoms with Crippen molar-refractivity contribution < 1.29 is 19.2 Å². The summed E-state index contributed by atoms with van der Waals surface area (Å²) in [4.78, 5) is 35.1. The van der Waals surface area contributed by atoms with Crippen molar-refractivity contribution in [3.8, 4) is 0 Å². The number of thiophene rings is 1. The zero-order valence-corrected chi connectivity index (χ0v) is 16.6. The second-order valence-corrected chi connectivity index (χ2v) is 7.60. The predicted molar refractivity (Wildman–Crippen MR) is 108 cm³/mol. The third-order valence-electron chi connectivity index (χ3n) is 3.75. The molecule has 0 spiro atoms. The standard InChI is InChI=1S/C18H12Cl2N2O5S/c1-9(17(23)21-11-3-2-4-12(8-11)22(25)26)27-18(24)16-15(20)13-6-5-10(19)7-14(13)28-16/h2-9H,1H3,(H,21,23). The third kappa shape index (κ3) is 4.24. The number of nitrogens with zero attached hydrogens (tertiary/aromatic N) is 1. The van der Waals surface area contributed by atoms with Gasteiger partial charge in [-0.15, -0.1) is 11.3 Å². The van der Waals surface area contributed by atoms with Crippen molar-refractivity contribution in [3.05, 3.63) is 67.5 Å². The Hall–Kier alpha value is -2.68. The maximum Gasteiger partial charge on any atom is 0.350 e. The van der Waals surface area contributed by atoms with Gasteiger partial charge in [-0.1, -0.05) is 35.3 Å². The van der Waals surface area contributed by atoms with Gasteiger partial charge in [-0.2, -0.15) is 0 Å². The Morgan fingerprint density at radius 2 is 1.96 bits per heavy atom. The zero-order chi connectivity index (χ0) is 20.4. The van der Waals surface area contributed by atoms with E-state index in [1.807, 2.05) is 0 Å². The van der Waals surface area contributed by atoms with Crippen LogP contribution in [-0.4, -0.2) is 22.9 Å². The number of non-ortho nitro benzene ring substituents is 1. The van der Waals surface area contributed by atoms with Crippen molar-refractivity contribution in [2.24, 2.45) is 0 Å². The fourth-order valence-corrected chi connectivity index (χ4v) is 4.05. The quantitative estimate of drug-likeness (QED) is 0.331. The maximum absolute atomic E-state index is 12.4. The molecule has 3 aromatic rings. The highest BCUT2D eigenvalue weighted by molar-refractivity contribution is 7.21. The number of anilines is 1. The van der Waals surface area contributed by atoms with E-state index < -0.39 is 22.9 Å². The number of nitrogens with one attached hydrogen (secondary N) is 1. The molecule has 3 rings (SSSR count). The van der Waals surface area contributed by atoms with E-state index in [1.54, 1.807) is 18.2 Å². The van der Waals surface area contributed by atoms with Crippen LogP contribution >= 0.6 is 34.5 Å². The number of esters is 1. The number of nitro groups is 1. The van der Waals surface area contributed by atoms with E-state index in [-0.39, 0.29) is 21.3 Å². The summed E-state index contributed by atoms with van der Waals surface area (Å²) in [6, 6.07) is 10.5. The average Bonchev–Trinajstić information content (AvgIpc) is 2.97. The third-order valence-corrected chi connectivity index (χ3v) is 5.63. The number of carbonyl (C=O) groups excluding carboxylic acids is 2. The molecule has 1 unspecified atom stereocenters. The Kier molecular flexibility index (Phi) is 5.83. The first-order chi connectivity index (χ1) is 13.3. The van der Waals surface area contributed by atoms with Crippen LogP contribution in [0.5, 0.6) is 0 Å². The molecular weight excluding hydrogens is 427 g/mol. The molecule has 2 aromatic carbocycles.